The van der Waals surface area contributed by atoms with Gasteiger partial charge < -0.3 is 19.9 Å². The number of nitrogens with zero attached hydrogens (tertiary/aromatic N) is 2. The summed E-state index contributed by atoms with van der Waals surface area (Å²) in [5.41, 5.74) is 1.09. The van der Waals surface area contributed by atoms with Crippen LogP contribution in [0.5, 0.6) is 5.75 Å². The van der Waals surface area contributed by atoms with Gasteiger partial charge in [-0.1, -0.05) is 18.2 Å². The molecule has 1 aliphatic rings. The zero-order valence-corrected chi connectivity index (χ0v) is 15.8. The Bertz CT molecular complexity index is 763. The van der Waals surface area contributed by atoms with Gasteiger partial charge in [0.05, 0.1) is 30.2 Å². The van der Waals surface area contributed by atoms with Crippen molar-refractivity contribution in [1.29, 1.82) is 0 Å². The van der Waals surface area contributed by atoms with Crippen molar-refractivity contribution in [2.75, 3.05) is 38.1 Å². The van der Waals surface area contributed by atoms with Gasteiger partial charge in [-0.2, -0.15) is 0 Å². The maximum Gasteiger partial charge on any atom is 0.261 e. The van der Waals surface area contributed by atoms with Crippen LogP contribution in [-0.2, 0) is 4.79 Å². The number of carbonyl (C=O) groups is 2. The fourth-order valence-electron chi connectivity index (χ4n) is 2.97. The number of anilines is 1. The summed E-state index contributed by atoms with van der Waals surface area (Å²) >= 11 is 1.35. The molecule has 0 fully saturated rings. The number of hydrogen-bond acceptors (Lipinski definition) is 5. The molecule has 1 aromatic carbocycles. The monoisotopic (exact) mass is 373 g/mol. The molecule has 0 aliphatic carbocycles. The lowest BCUT2D eigenvalue weighted by Gasteiger charge is -2.37. The maximum atomic E-state index is 12.3. The van der Waals surface area contributed by atoms with Crippen LogP contribution in [0.1, 0.15) is 16.6 Å². The fourth-order valence-corrected chi connectivity index (χ4v) is 3.61. The van der Waals surface area contributed by atoms with Crippen molar-refractivity contribution in [3.63, 3.8) is 0 Å². The quantitative estimate of drug-likeness (QED) is 0.843. The standard InChI is InChI=1S/C19H23N3O3S/c1-3-22-13-14(25-16-8-5-4-7-15(16)22)12-21(2)18(23)11-20-19(24)17-9-6-10-26-17/h4-10,14H,3,11-13H2,1-2H3,(H,20,24)/t14-/m1/s1. The van der Waals surface area contributed by atoms with E-state index >= 15 is 0 Å². The lowest BCUT2D eigenvalue weighted by Crippen LogP contribution is -2.48. The molecule has 0 radical (unpaired) electrons. The van der Waals surface area contributed by atoms with Crippen LogP contribution in [0.3, 0.4) is 0 Å². The Morgan fingerprint density at radius 3 is 2.85 bits per heavy atom. The maximum absolute atomic E-state index is 12.3. The molecular weight excluding hydrogens is 350 g/mol. The van der Waals surface area contributed by atoms with E-state index in [-0.39, 0.29) is 24.5 Å². The molecule has 1 atom stereocenters. The van der Waals surface area contributed by atoms with Crippen LogP contribution in [0.25, 0.3) is 0 Å². The van der Waals surface area contributed by atoms with E-state index in [9.17, 15) is 9.59 Å². The number of benzene rings is 1. The van der Waals surface area contributed by atoms with Crippen LogP contribution >= 0.6 is 11.3 Å². The number of para-hydroxylation sites is 2. The first kappa shape index (κ1) is 18.3. The van der Waals surface area contributed by atoms with E-state index in [1.165, 1.54) is 11.3 Å². The second-order valence-electron chi connectivity index (χ2n) is 6.18. The van der Waals surface area contributed by atoms with Crippen molar-refractivity contribution in [2.24, 2.45) is 0 Å². The van der Waals surface area contributed by atoms with Crippen LogP contribution in [0.2, 0.25) is 0 Å². The molecule has 6 nitrogen and oxygen atoms in total. The highest BCUT2D eigenvalue weighted by molar-refractivity contribution is 7.12. The number of nitrogens with one attached hydrogen (secondary N) is 1. The topological polar surface area (TPSA) is 61.9 Å². The second-order valence-corrected chi connectivity index (χ2v) is 7.13. The molecule has 2 amide bonds. The number of likely N-dealkylation sites (N-methyl/N-ethyl adjacent to an activating group) is 2. The van der Waals surface area contributed by atoms with Crippen LogP contribution < -0.4 is 15.0 Å². The van der Waals surface area contributed by atoms with E-state index in [0.29, 0.717) is 11.4 Å². The van der Waals surface area contributed by atoms with Crippen molar-refractivity contribution < 1.29 is 14.3 Å². The van der Waals surface area contributed by atoms with Crippen molar-refractivity contribution in [1.82, 2.24) is 10.2 Å². The molecule has 26 heavy (non-hydrogen) atoms. The summed E-state index contributed by atoms with van der Waals surface area (Å²) in [5, 5.41) is 4.50. The lowest BCUT2D eigenvalue weighted by atomic mass is 10.2. The van der Waals surface area contributed by atoms with Gasteiger partial charge in [0.25, 0.3) is 5.91 Å². The zero-order valence-electron chi connectivity index (χ0n) is 15.0. The SMILES string of the molecule is CCN1C[C@@H](CN(C)C(=O)CNC(=O)c2cccs2)Oc2ccccc21. The van der Waals surface area contributed by atoms with E-state index in [4.69, 9.17) is 4.74 Å². The van der Waals surface area contributed by atoms with Crippen molar-refractivity contribution in [3.8, 4) is 5.75 Å². The Kier molecular flexibility index (Phi) is 5.78. The summed E-state index contributed by atoms with van der Waals surface area (Å²) in [7, 11) is 1.74. The molecule has 2 aromatic rings. The number of fused-ring (bicyclic) bond motifs is 1. The van der Waals surface area contributed by atoms with Crippen molar-refractivity contribution in [3.05, 3.63) is 46.7 Å². The molecule has 1 N–H and O–H groups in total. The molecule has 0 saturated carbocycles. The number of carbonyl (C=O) groups excluding carboxylic acids is 2. The predicted molar refractivity (Wildman–Crippen MR) is 103 cm³/mol. The first-order chi connectivity index (χ1) is 12.6. The number of rotatable bonds is 6. The molecule has 2 heterocycles. The zero-order chi connectivity index (χ0) is 18.5. The van der Waals surface area contributed by atoms with Crippen LogP contribution in [-0.4, -0.2) is 56.0 Å². The average Bonchev–Trinajstić information content (AvgIpc) is 3.19. The average molecular weight is 373 g/mol. The largest absolute Gasteiger partial charge is 0.485 e. The molecule has 138 valence electrons. The van der Waals surface area contributed by atoms with Gasteiger partial charge in [-0.05, 0) is 30.5 Å². The molecule has 7 heteroatoms. The Hall–Kier alpha value is -2.54. The third-order valence-corrected chi connectivity index (χ3v) is 5.22. The normalized spacial score (nSPS) is 15.8. The number of amides is 2. The van der Waals surface area contributed by atoms with E-state index in [1.807, 2.05) is 35.7 Å². The summed E-state index contributed by atoms with van der Waals surface area (Å²) in [5.74, 6) is 0.486. The highest BCUT2D eigenvalue weighted by atomic mass is 32.1. The molecule has 0 unspecified atom stereocenters. The Morgan fingerprint density at radius 1 is 1.31 bits per heavy atom. The van der Waals surface area contributed by atoms with Gasteiger partial charge in [0.15, 0.2) is 0 Å². The van der Waals surface area contributed by atoms with Crippen LogP contribution in [0, 0.1) is 0 Å². The third kappa shape index (κ3) is 4.16. The predicted octanol–water partition coefficient (Wildman–Crippen LogP) is 2.22. The highest BCUT2D eigenvalue weighted by Crippen LogP contribution is 2.32. The smallest absolute Gasteiger partial charge is 0.261 e. The summed E-state index contributed by atoms with van der Waals surface area (Å²) in [4.78, 5) is 28.7. The summed E-state index contributed by atoms with van der Waals surface area (Å²) < 4.78 is 6.05. The Labute approximate surface area is 157 Å². The molecule has 1 aliphatic heterocycles. The van der Waals surface area contributed by atoms with E-state index in [1.54, 1.807) is 18.0 Å². The highest BCUT2D eigenvalue weighted by Gasteiger charge is 2.26. The van der Waals surface area contributed by atoms with Crippen molar-refractivity contribution in [2.45, 2.75) is 13.0 Å². The van der Waals surface area contributed by atoms with E-state index in [2.05, 4.69) is 17.1 Å². The van der Waals surface area contributed by atoms with Crippen molar-refractivity contribution >= 4 is 28.8 Å². The first-order valence-corrected chi connectivity index (χ1v) is 9.52. The second kappa shape index (κ2) is 8.23. The molecular formula is C19H23N3O3S. The minimum atomic E-state index is -0.221. The van der Waals surface area contributed by atoms with Gasteiger partial charge in [-0.3, -0.25) is 9.59 Å². The van der Waals surface area contributed by atoms with Gasteiger partial charge in [-0.15, -0.1) is 11.3 Å². The van der Waals surface area contributed by atoms with Gasteiger partial charge in [0, 0.05) is 13.6 Å². The number of ether oxygens (including phenoxy) is 1. The van der Waals surface area contributed by atoms with Crippen LogP contribution in [0.15, 0.2) is 41.8 Å². The van der Waals surface area contributed by atoms with E-state index in [0.717, 1.165) is 24.5 Å². The van der Waals surface area contributed by atoms with E-state index < -0.39 is 0 Å². The minimum Gasteiger partial charge on any atom is -0.485 e. The Balaban J connectivity index is 1.53. The fraction of sp³-hybridized carbons (Fsp3) is 0.368. The molecule has 0 bridgehead atoms. The van der Waals surface area contributed by atoms with Gasteiger partial charge in [0.2, 0.25) is 5.91 Å². The lowest BCUT2D eigenvalue weighted by molar-refractivity contribution is -0.129. The number of thiophene rings is 1. The Morgan fingerprint density at radius 2 is 2.12 bits per heavy atom. The first-order valence-electron chi connectivity index (χ1n) is 8.64. The number of hydrogen-bond donors (Lipinski definition) is 1. The summed E-state index contributed by atoms with van der Waals surface area (Å²) in [6, 6.07) is 11.5. The third-order valence-electron chi connectivity index (χ3n) is 4.35. The minimum absolute atomic E-state index is 0.0198. The molecule has 0 spiro atoms. The molecule has 3 rings (SSSR count). The summed E-state index contributed by atoms with van der Waals surface area (Å²) in [6.45, 7) is 4.17. The molecule has 0 saturated heterocycles. The van der Waals surface area contributed by atoms with Gasteiger partial charge >= 0.3 is 0 Å². The van der Waals surface area contributed by atoms with Crippen LogP contribution in [0.4, 0.5) is 5.69 Å². The van der Waals surface area contributed by atoms with Gasteiger partial charge in [-0.25, -0.2) is 0 Å². The van der Waals surface area contributed by atoms with Gasteiger partial charge in [0.1, 0.15) is 11.9 Å². The summed E-state index contributed by atoms with van der Waals surface area (Å²) in [6.07, 6.45) is -0.105. The molecule has 1 aromatic heterocycles.